The molecule has 28 heavy (non-hydrogen) atoms. The lowest BCUT2D eigenvalue weighted by Crippen LogP contribution is -2.43. The van der Waals surface area contributed by atoms with E-state index in [0.717, 1.165) is 24.0 Å². The molecule has 2 fully saturated rings. The molecule has 4 rings (SSSR count). The average molecular weight is 379 g/mol. The van der Waals surface area contributed by atoms with Crippen LogP contribution in [-0.2, 0) is 9.53 Å². The van der Waals surface area contributed by atoms with Gasteiger partial charge in [-0.3, -0.25) is 9.59 Å². The molecule has 0 saturated carbocycles. The summed E-state index contributed by atoms with van der Waals surface area (Å²) in [6.07, 6.45) is 1.97. The van der Waals surface area contributed by atoms with Crippen LogP contribution in [0.4, 0.5) is 0 Å². The molecular formula is C23H25NO4. The molecule has 2 aliphatic rings. The summed E-state index contributed by atoms with van der Waals surface area (Å²) in [5.74, 6) is -0.911. The third kappa shape index (κ3) is 3.80. The number of ether oxygens (including phenoxy) is 1. The molecule has 2 saturated heterocycles. The van der Waals surface area contributed by atoms with Gasteiger partial charge in [0.25, 0.3) is 5.91 Å². The Balaban J connectivity index is 1.37. The van der Waals surface area contributed by atoms with Crippen LogP contribution >= 0.6 is 0 Å². The molecule has 5 heteroatoms. The van der Waals surface area contributed by atoms with Crippen molar-refractivity contribution in [3.8, 4) is 11.1 Å². The van der Waals surface area contributed by atoms with E-state index in [1.54, 1.807) is 0 Å². The average Bonchev–Trinajstić information content (AvgIpc) is 3.24. The molecule has 2 aliphatic heterocycles. The number of benzene rings is 2. The number of carboxylic acid groups (broad SMARTS) is 1. The van der Waals surface area contributed by atoms with Gasteiger partial charge in [-0.05, 0) is 48.4 Å². The van der Waals surface area contributed by atoms with Crippen LogP contribution in [0.3, 0.4) is 0 Å². The summed E-state index contributed by atoms with van der Waals surface area (Å²) in [5.41, 5.74) is 2.92. The molecule has 1 N–H and O–H groups in total. The van der Waals surface area contributed by atoms with Crippen molar-refractivity contribution < 1.29 is 19.4 Å². The van der Waals surface area contributed by atoms with Crippen molar-refractivity contribution in [2.24, 2.45) is 11.8 Å². The van der Waals surface area contributed by atoms with Gasteiger partial charge in [-0.2, -0.15) is 0 Å². The van der Waals surface area contributed by atoms with Crippen molar-refractivity contribution >= 4 is 11.9 Å². The molecule has 0 radical (unpaired) electrons. The van der Waals surface area contributed by atoms with Crippen LogP contribution in [0.5, 0.6) is 0 Å². The van der Waals surface area contributed by atoms with E-state index < -0.39 is 11.9 Å². The Bertz CT molecular complexity index is 825. The predicted octanol–water partition coefficient (Wildman–Crippen LogP) is 3.70. The lowest BCUT2D eigenvalue weighted by atomic mass is 9.84. The van der Waals surface area contributed by atoms with Crippen molar-refractivity contribution in [1.29, 1.82) is 0 Å². The second-order valence-electron chi connectivity index (χ2n) is 7.64. The van der Waals surface area contributed by atoms with Gasteiger partial charge in [0.2, 0.25) is 0 Å². The molecule has 1 amide bonds. The van der Waals surface area contributed by atoms with Crippen molar-refractivity contribution in [1.82, 2.24) is 4.90 Å². The van der Waals surface area contributed by atoms with Crippen molar-refractivity contribution in [2.45, 2.75) is 25.4 Å². The van der Waals surface area contributed by atoms with Gasteiger partial charge < -0.3 is 14.7 Å². The molecule has 2 atom stereocenters. The summed E-state index contributed by atoms with van der Waals surface area (Å²) in [7, 11) is 0. The van der Waals surface area contributed by atoms with E-state index in [1.165, 1.54) is 0 Å². The number of aliphatic carboxylic acids is 1. The first-order valence-electron chi connectivity index (χ1n) is 9.92. The Labute approximate surface area is 164 Å². The molecular weight excluding hydrogens is 354 g/mol. The second kappa shape index (κ2) is 8.15. The van der Waals surface area contributed by atoms with Gasteiger partial charge >= 0.3 is 5.97 Å². The fraction of sp³-hybridized carbons (Fsp3) is 0.391. The zero-order valence-electron chi connectivity index (χ0n) is 15.8. The van der Waals surface area contributed by atoms with E-state index in [0.29, 0.717) is 31.7 Å². The van der Waals surface area contributed by atoms with E-state index >= 15 is 0 Å². The first kappa shape index (κ1) is 18.7. The van der Waals surface area contributed by atoms with Crippen LogP contribution < -0.4 is 0 Å². The lowest BCUT2D eigenvalue weighted by Gasteiger charge is -2.35. The Morgan fingerprint density at radius 3 is 2.18 bits per heavy atom. The number of carbonyl (C=O) groups is 2. The van der Waals surface area contributed by atoms with Crippen LogP contribution in [0.2, 0.25) is 0 Å². The number of hydrogen-bond acceptors (Lipinski definition) is 3. The summed E-state index contributed by atoms with van der Waals surface area (Å²) < 4.78 is 5.72. The third-order valence-corrected chi connectivity index (χ3v) is 5.98. The summed E-state index contributed by atoms with van der Waals surface area (Å²) >= 11 is 0. The van der Waals surface area contributed by atoms with Gasteiger partial charge in [0, 0.05) is 25.3 Å². The monoisotopic (exact) mass is 379 g/mol. The van der Waals surface area contributed by atoms with Crippen LogP contribution in [0.15, 0.2) is 54.6 Å². The number of amides is 1. The van der Waals surface area contributed by atoms with Crippen LogP contribution in [0.1, 0.15) is 29.6 Å². The number of likely N-dealkylation sites (tertiary alicyclic amines) is 1. The molecule has 0 bridgehead atoms. The number of hydrogen-bond donors (Lipinski definition) is 1. The summed E-state index contributed by atoms with van der Waals surface area (Å²) in [4.78, 5) is 26.1. The van der Waals surface area contributed by atoms with Gasteiger partial charge in [0.15, 0.2) is 0 Å². The number of piperidine rings is 1. The highest BCUT2D eigenvalue weighted by Crippen LogP contribution is 2.33. The Kier molecular flexibility index (Phi) is 5.44. The van der Waals surface area contributed by atoms with Gasteiger partial charge in [-0.1, -0.05) is 42.5 Å². The first-order valence-corrected chi connectivity index (χ1v) is 9.92. The summed E-state index contributed by atoms with van der Waals surface area (Å²) in [6, 6.07) is 17.8. The SMILES string of the molecule is O=C(O)C1CCO[C@H]1C1CCN(C(=O)c2ccc(-c3ccccc3)cc2)CC1. The first-order chi connectivity index (χ1) is 13.6. The van der Waals surface area contributed by atoms with E-state index in [-0.39, 0.29) is 17.9 Å². The molecule has 146 valence electrons. The third-order valence-electron chi connectivity index (χ3n) is 5.98. The highest BCUT2D eigenvalue weighted by molar-refractivity contribution is 5.94. The Hall–Kier alpha value is -2.66. The van der Waals surface area contributed by atoms with E-state index in [1.807, 2.05) is 47.4 Å². The fourth-order valence-corrected chi connectivity index (χ4v) is 4.39. The summed E-state index contributed by atoms with van der Waals surface area (Å²) in [5, 5.41) is 9.36. The van der Waals surface area contributed by atoms with Crippen LogP contribution in [-0.4, -0.2) is 47.7 Å². The van der Waals surface area contributed by atoms with E-state index in [2.05, 4.69) is 12.1 Å². The van der Waals surface area contributed by atoms with Crippen molar-refractivity contribution in [3.05, 3.63) is 60.2 Å². The van der Waals surface area contributed by atoms with Crippen LogP contribution in [0, 0.1) is 11.8 Å². The quantitative estimate of drug-likeness (QED) is 0.880. The number of carbonyl (C=O) groups excluding carboxylic acids is 1. The Morgan fingerprint density at radius 2 is 1.54 bits per heavy atom. The molecule has 0 spiro atoms. The second-order valence-corrected chi connectivity index (χ2v) is 7.64. The van der Waals surface area contributed by atoms with Crippen molar-refractivity contribution in [3.63, 3.8) is 0 Å². The van der Waals surface area contributed by atoms with E-state index in [4.69, 9.17) is 4.74 Å². The van der Waals surface area contributed by atoms with Gasteiger partial charge in [0.05, 0.1) is 12.0 Å². The molecule has 1 unspecified atom stereocenters. The van der Waals surface area contributed by atoms with Crippen LogP contribution in [0.25, 0.3) is 11.1 Å². The van der Waals surface area contributed by atoms with Gasteiger partial charge in [0.1, 0.15) is 0 Å². The standard InChI is InChI=1S/C23H25NO4/c25-22(19-8-6-17(7-9-19)16-4-2-1-3-5-16)24-13-10-18(11-14-24)21-20(23(26)27)12-15-28-21/h1-9,18,20-21H,10-15H2,(H,26,27)/t20?,21-/m0/s1. The predicted molar refractivity (Wildman–Crippen MR) is 106 cm³/mol. The highest BCUT2D eigenvalue weighted by atomic mass is 16.5. The zero-order chi connectivity index (χ0) is 19.5. The maximum atomic E-state index is 12.8. The van der Waals surface area contributed by atoms with Gasteiger partial charge in [-0.25, -0.2) is 0 Å². The van der Waals surface area contributed by atoms with Gasteiger partial charge in [-0.15, -0.1) is 0 Å². The number of nitrogens with zero attached hydrogens (tertiary/aromatic N) is 1. The molecule has 5 nitrogen and oxygen atoms in total. The van der Waals surface area contributed by atoms with E-state index in [9.17, 15) is 14.7 Å². The summed E-state index contributed by atoms with van der Waals surface area (Å²) in [6.45, 7) is 1.82. The molecule has 0 aromatic heterocycles. The maximum Gasteiger partial charge on any atom is 0.309 e. The molecule has 0 aliphatic carbocycles. The topological polar surface area (TPSA) is 66.8 Å². The minimum Gasteiger partial charge on any atom is -0.481 e. The maximum absolute atomic E-state index is 12.8. The largest absolute Gasteiger partial charge is 0.481 e. The minimum absolute atomic E-state index is 0.0418. The lowest BCUT2D eigenvalue weighted by molar-refractivity contribution is -0.145. The molecule has 2 aromatic carbocycles. The highest BCUT2D eigenvalue weighted by Gasteiger charge is 2.40. The fourth-order valence-electron chi connectivity index (χ4n) is 4.39. The number of rotatable bonds is 4. The minimum atomic E-state index is -0.764. The molecule has 2 heterocycles. The zero-order valence-corrected chi connectivity index (χ0v) is 15.8. The van der Waals surface area contributed by atoms with Crippen molar-refractivity contribution in [2.75, 3.05) is 19.7 Å². The Morgan fingerprint density at radius 1 is 0.893 bits per heavy atom. The molecule has 2 aromatic rings. The number of carboxylic acids is 1. The normalized spacial score (nSPS) is 22.9. The smallest absolute Gasteiger partial charge is 0.309 e.